The highest BCUT2D eigenvalue weighted by Crippen LogP contribution is 2.59. The number of rotatable bonds is 16. The first-order chi connectivity index (χ1) is 27.7. The van der Waals surface area contributed by atoms with Gasteiger partial charge in [-0.1, -0.05) is 43.8 Å². The second-order valence-corrected chi connectivity index (χ2v) is 19.4. The van der Waals surface area contributed by atoms with Crippen molar-refractivity contribution in [2.45, 2.75) is 193 Å². The standard InChI is InChI=1S/C45H68O16/c1-26(2)53-38(50)55-33-32(56-42(15,16)52-17)43(24-23-27(3)31(54-29(5)46)28(4)25-30-21-19-18-20-22-30)57-34(35(47)58-39(6,7)8)44(51,36(48)59-40(9,10)11)45(33,61-43)37(49)60-41(12,13)14/h18-22,26,28,31-34,51H,3,23-25H2,1-2,4-17H3/t28?,31?,32-,33-,34-,43-,44-,45-/m1/s1. The Hall–Kier alpha value is -4.09. The van der Waals surface area contributed by atoms with Gasteiger partial charge in [-0.25, -0.2) is 19.2 Å². The molecule has 2 unspecified atom stereocenters. The van der Waals surface area contributed by atoms with E-state index in [1.54, 1.807) is 34.6 Å². The Morgan fingerprint density at radius 1 is 0.803 bits per heavy atom. The molecular formula is C45H68O16. The van der Waals surface area contributed by atoms with E-state index >= 15 is 4.79 Å². The minimum absolute atomic E-state index is 0.121. The van der Waals surface area contributed by atoms with Crippen LogP contribution in [0.3, 0.4) is 0 Å². The van der Waals surface area contributed by atoms with E-state index in [0.717, 1.165) is 5.56 Å². The molecule has 0 radical (unpaired) electrons. The molecule has 61 heavy (non-hydrogen) atoms. The van der Waals surface area contributed by atoms with Crippen LogP contribution < -0.4 is 0 Å². The smallest absolute Gasteiger partial charge is 0.458 e. The lowest BCUT2D eigenvalue weighted by Gasteiger charge is -2.51. The number of benzene rings is 1. The van der Waals surface area contributed by atoms with Gasteiger partial charge in [0.2, 0.25) is 17.5 Å². The maximum Gasteiger partial charge on any atom is 0.509 e. The third-order valence-corrected chi connectivity index (χ3v) is 9.60. The van der Waals surface area contributed by atoms with E-state index in [0.29, 0.717) is 12.0 Å². The molecule has 1 aromatic rings. The molecule has 1 N–H and O–H groups in total. The van der Waals surface area contributed by atoms with Gasteiger partial charge in [0.15, 0.2) is 18.0 Å². The number of fused-ring (bicyclic) bond motifs is 2. The Kier molecular flexibility index (Phi) is 15.7. The van der Waals surface area contributed by atoms with Crippen molar-refractivity contribution in [3.8, 4) is 0 Å². The van der Waals surface area contributed by atoms with Gasteiger partial charge in [-0.3, -0.25) is 4.79 Å². The molecule has 2 saturated heterocycles. The zero-order chi connectivity index (χ0) is 46.7. The van der Waals surface area contributed by atoms with Gasteiger partial charge in [0.1, 0.15) is 22.9 Å². The summed E-state index contributed by atoms with van der Waals surface area (Å²) >= 11 is 0. The molecule has 0 aliphatic carbocycles. The molecule has 16 heteroatoms. The first kappa shape index (κ1) is 51.3. The van der Waals surface area contributed by atoms with Crippen LogP contribution in [0.25, 0.3) is 0 Å². The van der Waals surface area contributed by atoms with Crippen LogP contribution in [-0.2, 0) is 73.0 Å². The van der Waals surface area contributed by atoms with E-state index in [1.807, 2.05) is 37.3 Å². The number of hydrogen-bond donors (Lipinski definition) is 1. The molecular weight excluding hydrogens is 796 g/mol. The molecule has 8 atom stereocenters. The number of hydrogen-bond acceptors (Lipinski definition) is 16. The number of methoxy groups -OCH3 is 1. The van der Waals surface area contributed by atoms with Crippen LogP contribution in [0.1, 0.15) is 122 Å². The van der Waals surface area contributed by atoms with Crippen molar-refractivity contribution in [3.05, 3.63) is 48.0 Å². The van der Waals surface area contributed by atoms with Crippen LogP contribution >= 0.6 is 0 Å². The zero-order valence-electron chi connectivity index (χ0n) is 38.8. The fourth-order valence-corrected chi connectivity index (χ4v) is 7.13. The van der Waals surface area contributed by atoms with Crippen molar-refractivity contribution in [3.63, 3.8) is 0 Å². The summed E-state index contributed by atoms with van der Waals surface area (Å²) in [4.78, 5) is 70.8. The number of carbonyl (C=O) groups excluding carboxylic acids is 5. The summed E-state index contributed by atoms with van der Waals surface area (Å²) in [5.41, 5.74) is -9.36. The highest BCUT2D eigenvalue weighted by molar-refractivity contribution is 6.00. The van der Waals surface area contributed by atoms with Gasteiger partial charge in [0, 0.05) is 26.4 Å². The molecule has 3 rings (SSSR count). The monoisotopic (exact) mass is 864 g/mol. The van der Waals surface area contributed by atoms with Crippen molar-refractivity contribution in [1.29, 1.82) is 0 Å². The molecule has 1 aromatic carbocycles. The lowest BCUT2D eigenvalue weighted by atomic mass is 9.74. The zero-order valence-corrected chi connectivity index (χ0v) is 38.8. The Morgan fingerprint density at radius 2 is 1.34 bits per heavy atom. The first-order valence-electron chi connectivity index (χ1n) is 20.5. The Labute approximate surface area is 360 Å². The molecule has 2 aliphatic rings. The van der Waals surface area contributed by atoms with E-state index in [1.165, 1.54) is 69.4 Å². The van der Waals surface area contributed by atoms with Gasteiger partial charge in [0.25, 0.3) is 5.60 Å². The molecule has 0 aromatic heterocycles. The Morgan fingerprint density at radius 3 is 1.84 bits per heavy atom. The van der Waals surface area contributed by atoms with Crippen LogP contribution in [0.2, 0.25) is 0 Å². The average molecular weight is 865 g/mol. The number of carbonyl (C=O) groups is 5. The molecule has 2 heterocycles. The lowest BCUT2D eigenvalue weighted by molar-refractivity contribution is -0.387. The summed E-state index contributed by atoms with van der Waals surface area (Å²) in [6.07, 6.45) is -9.51. The summed E-state index contributed by atoms with van der Waals surface area (Å²) in [7, 11) is 1.32. The van der Waals surface area contributed by atoms with Crippen LogP contribution in [0.15, 0.2) is 42.5 Å². The molecule has 16 nitrogen and oxygen atoms in total. The van der Waals surface area contributed by atoms with Gasteiger partial charge in [-0.15, -0.1) is 0 Å². The minimum atomic E-state index is -3.53. The molecule has 344 valence electrons. The van der Waals surface area contributed by atoms with Crippen molar-refractivity contribution >= 4 is 30.0 Å². The number of ether oxygens (including phenoxy) is 10. The van der Waals surface area contributed by atoms with E-state index in [9.17, 15) is 24.3 Å². The predicted octanol–water partition coefficient (Wildman–Crippen LogP) is 6.45. The largest absolute Gasteiger partial charge is 0.509 e. The van der Waals surface area contributed by atoms with Crippen LogP contribution in [0, 0.1) is 5.92 Å². The normalized spacial score (nSPS) is 26.4. The molecule has 2 bridgehead atoms. The van der Waals surface area contributed by atoms with E-state index in [4.69, 9.17) is 47.4 Å². The van der Waals surface area contributed by atoms with Crippen molar-refractivity contribution in [2.24, 2.45) is 5.92 Å². The molecule has 0 spiro atoms. The third kappa shape index (κ3) is 12.3. The average Bonchev–Trinajstić information content (AvgIpc) is 3.31. The fraction of sp³-hybridized carbons (Fsp3) is 0.711. The maximum atomic E-state index is 15.2. The SMILES string of the molecule is C=C(CC[C@@]12O[C@H](C(=O)OC(C)(C)C)[C@@](O)(C(=O)OC(C)(C)C)[C@@](C(=O)OC(C)(C)C)(O1)[C@H](OC(=O)OC(C)C)[C@H]2OC(C)(C)OC)C(OC(C)=O)C(C)Cc1ccccc1. The number of esters is 4. The minimum Gasteiger partial charge on any atom is -0.458 e. The predicted molar refractivity (Wildman–Crippen MR) is 220 cm³/mol. The second kappa shape index (κ2) is 18.7. The van der Waals surface area contributed by atoms with Crippen LogP contribution in [0.4, 0.5) is 4.79 Å². The van der Waals surface area contributed by atoms with Crippen LogP contribution in [0.5, 0.6) is 0 Å². The second-order valence-electron chi connectivity index (χ2n) is 19.4. The van der Waals surface area contributed by atoms with Crippen LogP contribution in [-0.4, -0.2) is 112 Å². The fourth-order valence-electron chi connectivity index (χ4n) is 7.13. The first-order valence-corrected chi connectivity index (χ1v) is 20.5. The van der Waals surface area contributed by atoms with Gasteiger partial charge in [-0.05, 0) is 114 Å². The van der Waals surface area contributed by atoms with E-state index in [-0.39, 0.29) is 18.8 Å². The molecule has 2 aliphatic heterocycles. The molecule has 2 fully saturated rings. The summed E-state index contributed by atoms with van der Waals surface area (Å²) in [5, 5.41) is 13.2. The Bertz CT molecular complexity index is 1750. The van der Waals surface area contributed by atoms with E-state index in [2.05, 4.69) is 6.58 Å². The highest BCUT2D eigenvalue weighted by atomic mass is 16.8. The third-order valence-electron chi connectivity index (χ3n) is 9.60. The Balaban J connectivity index is 2.47. The summed E-state index contributed by atoms with van der Waals surface area (Å²) in [6, 6.07) is 9.54. The van der Waals surface area contributed by atoms with Crippen molar-refractivity contribution < 1.29 is 76.4 Å². The molecule has 0 amide bonds. The number of aliphatic hydroxyl groups is 1. The van der Waals surface area contributed by atoms with E-state index < -0.39 is 100 Å². The topological polar surface area (TPSA) is 198 Å². The van der Waals surface area contributed by atoms with Gasteiger partial charge >= 0.3 is 30.0 Å². The molecule has 0 saturated carbocycles. The van der Waals surface area contributed by atoms with Crippen molar-refractivity contribution in [2.75, 3.05) is 7.11 Å². The van der Waals surface area contributed by atoms with Crippen molar-refractivity contribution in [1.82, 2.24) is 0 Å². The lowest BCUT2D eigenvalue weighted by Crippen LogP contribution is -2.79. The highest BCUT2D eigenvalue weighted by Gasteiger charge is 2.87. The summed E-state index contributed by atoms with van der Waals surface area (Å²) < 4.78 is 60.0. The van der Waals surface area contributed by atoms with Gasteiger partial charge < -0.3 is 52.5 Å². The van der Waals surface area contributed by atoms with Gasteiger partial charge in [-0.2, -0.15) is 0 Å². The summed E-state index contributed by atoms with van der Waals surface area (Å²) in [6.45, 7) is 27.2. The summed E-state index contributed by atoms with van der Waals surface area (Å²) in [5.74, 6) is -9.27. The maximum absolute atomic E-state index is 15.2. The van der Waals surface area contributed by atoms with Gasteiger partial charge in [0.05, 0.1) is 6.10 Å². The quantitative estimate of drug-likeness (QED) is 0.0822.